The molecule has 1 fully saturated rings. The Morgan fingerprint density at radius 2 is 1.95 bits per heavy atom. The second-order valence-corrected chi connectivity index (χ2v) is 4.81. The van der Waals surface area contributed by atoms with E-state index in [2.05, 4.69) is 5.32 Å². The van der Waals surface area contributed by atoms with Gasteiger partial charge in [-0.2, -0.15) is 0 Å². The van der Waals surface area contributed by atoms with E-state index in [-0.39, 0.29) is 0 Å². The predicted octanol–water partition coefficient (Wildman–Crippen LogP) is -1.13. The van der Waals surface area contributed by atoms with Crippen LogP contribution in [0.25, 0.3) is 0 Å². The van der Waals surface area contributed by atoms with E-state index in [4.69, 9.17) is 9.47 Å². The van der Waals surface area contributed by atoms with Gasteiger partial charge in [0.1, 0.15) is 18.3 Å². The molecule has 1 aromatic carbocycles. The number of carbonyl (C=O) groups excluding carboxylic acids is 1. The Labute approximate surface area is 122 Å². The third-order valence-electron chi connectivity index (χ3n) is 3.45. The number of nitrogens with one attached hydrogen (secondary N) is 1. The van der Waals surface area contributed by atoms with Crippen molar-refractivity contribution >= 4 is 5.91 Å². The minimum Gasteiger partial charge on any atom is -0.394 e. The molecule has 1 amide bonds. The molecule has 7 nitrogen and oxygen atoms in total. The summed E-state index contributed by atoms with van der Waals surface area (Å²) in [6.45, 7) is -0.453. The lowest BCUT2D eigenvalue weighted by molar-refractivity contribution is -0.270. The topological polar surface area (TPSA) is 108 Å². The number of aliphatic hydroxyl groups is 3. The second-order valence-electron chi connectivity index (χ2n) is 4.81. The van der Waals surface area contributed by atoms with Gasteiger partial charge < -0.3 is 30.1 Å². The fraction of sp³-hybridized carbons (Fsp3) is 0.500. The van der Waals surface area contributed by atoms with Gasteiger partial charge >= 0.3 is 0 Å². The molecule has 0 bridgehead atoms. The van der Waals surface area contributed by atoms with Crippen LogP contribution in [-0.2, 0) is 9.47 Å². The molecule has 116 valence electrons. The molecule has 21 heavy (non-hydrogen) atoms. The van der Waals surface area contributed by atoms with Crippen molar-refractivity contribution in [3.63, 3.8) is 0 Å². The first-order chi connectivity index (χ1) is 10.1. The van der Waals surface area contributed by atoms with Gasteiger partial charge in [0.25, 0.3) is 5.91 Å². The highest BCUT2D eigenvalue weighted by Crippen LogP contribution is 2.22. The number of methoxy groups -OCH3 is 1. The summed E-state index contributed by atoms with van der Waals surface area (Å²) in [4.78, 5) is 12.1. The average molecular weight is 297 g/mol. The zero-order valence-electron chi connectivity index (χ0n) is 11.5. The number of benzene rings is 1. The number of aliphatic hydroxyl groups excluding tert-OH is 3. The number of amides is 1. The largest absolute Gasteiger partial charge is 0.394 e. The van der Waals surface area contributed by atoms with Gasteiger partial charge in [0.15, 0.2) is 6.29 Å². The van der Waals surface area contributed by atoms with E-state index >= 15 is 0 Å². The normalized spacial score (nSPS) is 32.7. The maximum absolute atomic E-state index is 12.1. The summed E-state index contributed by atoms with van der Waals surface area (Å²) < 4.78 is 10.2. The Morgan fingerprint density at radius 3 is 2.52 bits per heavy atom. The lowest BCUT2D eigenvalue weighted by atomic mass is 9.96. The summed E-state index contributed by atoms with van der Waals surface area (Å²) in [6.07, 6.45) is -4.48. The molecule has 1 aromatic rings. The van der Waals surface area contributed by atoms with Gasteiger partial charge in [0, 0.05) is 12.7 Å². The summed E-state index contributed by atoms with van der Waals surface area (Å²) in [5.41, 5.74) is 0.401. The maximum Gasteiger partial charge on any atom is 0.251 e. The molecule has 1 aliphatic heterocycles. The van der Waals surface area contributed by atoms with Crippen LogP contribution in [0.1, 0.15) is 10.4 Å². The van der Waals surface area contributed by atoms with Gasteiger partial charge in [-0.1, -0.05) is 18.2 Å². The Morgan fingerprint density at radius 1 is 1.29 bits per heavy atom. The van der Waals surface area contributed by atoms with Crippen molar-refractivity contribution in [2.45, 2.75) is 30.6 Å². The fourth-order valence-corrected chi connectivity index (χ4v) is 2.28. The lowest BCUT2D eigenvalue weighted by Gasteiger charge is -2.41. The van der Waals surface area contributed by atoms with Crippen molar-refractivity contribution in [3.8, 4) is 0 Å². The molecule has 0 aliphatic carbocycles. The van der Waals surface area contributed by atoms with Crippen LogP contribution in [-0.4, -0.2) is 65.6 Å². The number of rotatable bonds is 4. The van der Waals surface area contributed by atoms with E-state index in [1.165, 1.54) is 7.11 Å². The summed E-state index contributed by atoms with van der Waals surface area (Å²) in [7, 11) is 1.33. The minimum absolute atomic E-state index is 0.401. The highest BCUT2D eigenvalue weighted by molar-refractivity contribution is 5.94. The van der Waals surface area contributed by atoms with E-state index < -0.39 is 43.2 Å². The molecule has 4 N–H and O–H groups in total. The Bertz CT molecular complexity index is 452. The average Bonchev–Trinajstić information content (AvgIpc) is 2.52. The molecule has 0 aromatic heterocycles. The molecule has 1 saturated heterocycles. The van der Waals surface area contributed by atoms with Crippen LogP contribution in [0.3, 0.4) is 0 Å². The first kappa shape index (κ1) is 15.9. The summed E-state index contributed by atoms with van der Waals surface area (Å²) >= 11 is 0. The molecular formula is C14H19NO6. The monoisotopic (exact) mass is 297 g/mol. The molecular weight excluding hydrogens is 278 g/mol. The van der Waals surface area contributed by atoms with Crippen molar-refractivity contribution in [1.29, 1.82) is 0 Å². The van der Waals surface area contributed by atoms with Gasteiger partial charge in [-0.15, -0.1) is 0 Å². The Balaban J connectivity index is 2.13. The van der Waals surface area contributed by atoms with Crippen LogP contribution in [0.5, 0.6) is 0 Å². The van der Waals surface area contributed by atoms with Crippen LogP contribution >= 0.6 is 0 Å². The van der Waals surface area contributed by atoms with Crippen molar-refractivity contribution < 1.29 is 29.6 Å². The third-order valence-corrected chi connectivity index (χ3v) is 3.45. The van der Waals surface area contributed by atoms with Crippen molar-refractivity contribution in [2.75, 3.05) is 13.7 Å². The zero-order chi connectivity index (χ0) is 15.4. The molecule has 5 atom stereocenters. The van der Waals surface area contributed by atoms with Gasteiger partial charge in [-0.05, 0) is 12.1 Å². The number of ether oxygens (including phenoxy) is 2. The zero-order valence-corrected chi connectivity index (χ0v) is 11.5. The van der Waals surface area contributed by atoms with Crippen molar-refractivity contribution in [1.82, 2.24) is 5.32 Å². The molecule has 1 aliphatic rings. The van der Waals surface area contributed by atoms with E-state index in [9.17, 15) is 20.1 Å². The third kappa shape index (κ3) is 3.39. The molecule has 7 heteroatoms. The van der Waals surface area contributed by atoms with E-state index in [1.54, 1.807) is 30.3 Å². The van der Waals surface area contributed by atoms with Crippen molar-refractivity contribution in [2.24, 2.45) is 0 Å². The Hall–Kier alpha value is -1.51. The molecule has 0 spiro atoms. The van der Waals surface area contributed by atoms with E-state index in [0.29, 0.717) is 5.56 Å². The van der Waals surface area contributed by atoms with Gasteiger partial charge in [-0.3, -0.25) is 4.79 Å². The standard InChI is InChI=1S/C14H19NO6/c1-20-14-12(18)10(11(17)9(7-16)21-14)15-13(19)8-5-3-2-4-6-8/h2-6,9-12,14,16-18H,7H2,1H3,(H,15,19)/t9-,10-,11+,12+,14-/m1/s1. The predicted molar refractivity (Wildman–Crippen MR) is 72.5 cm³/mol. The van der Waals surface area contributed by atoms with E-state index in [0.717, 1.165) is 0 Å². The summed E-state index contributed by atoms with van der Waals surface area (Å²) in [6, 6.07) is 7.42. The number of hydrogen-bond donors (Lipinski definition) is 4. The van der Waals surface area contributed by atoms with Crippen LogP contribution in [0, 0.1) is 0 Å². The first-order valence-electron chi connectivity index (χ1n) is 6.59. The van der Waals surface area contributed by atoms with E-state index in [1.807, 2.05) is 0 Å². The smallest absolute Gasteiger partial charge is 0.251 e. The first-order valence-corrected chi connectivity index (χ1v) is 6.59. The molecule has 0 saturated carbocycles. The lowest BCUT2D eigenvalue weighted by Crippen LogP contribution is -2.64. The number of hydrogen-bond acceptors (Lipinski definition) is 6. The number of carbonyl (C=O) groups is 1. The molecule has 0 radical (unpaired) electrons. The van der Waals surface area contributed by atoms with Crippen LogP contribution in [0.4, 0.5) is 0 Å². The SMILES string of the molecule is CO[C@@H]1O[C@H](CO)[C@H](O)[C@@H](NC(=O)c2ccccc2)[C@@H]1O. The van der Waals surface area contributed by atoms with Crippen LogP contribution in [0.15, 0.2) is 30.3 Å². The highest BCUT2D eigenvalue weighted by atomic mass is 16.7. The maximum atomic E-state index is 12.1. The highest BCUT2D eigenvalue weighted by Gasteiger charge is 2.45. The van der Waals surface area contributed by atoms with Gasteiger partial charge in [0.2, 0.25) is 0 Å². The van der Waals surface area contributed by atoms with Crippen LogP contribution in [0.2, 0.25) is 0 Å². The second kappa shape index (κ2) is 6.97. The quantitative estimate of drug-likeness (QED) is 0.560. The van der Waals surface area contributed by atoms with Crippen molar-refractivity contribution in [3.05, 3.63) is 35.9 Å². The minimum atomic E-state index is -1.25. The summed E-state index contributed by atoms with van der Waals surface area (Å²) in [5, 5.41) is 31.9. The summed E-state index contributed by atoms with van der Waals surface area (Å²) in [5.74, 6) is -0.438. The molecule has 2 rings (SSSR count). The Kier molecular flexibility index (Phi) is 5.27. The fourth-order valence-electron chi connectivity index (χ4n) is 2.28. The van der Waals surface area contributed by atoms with Gasteiger partial charge in [-0.25, -0.2) is 0 Å². The molecule has 1 heterocycles. The van der Waals surface area contributed by atoms with Crippen LogP contribution < -0.4 is 5.32 Å². The van der Waals surface area contributed by atoms with Gasteiger partial charge in [0.05, 0.1) is 12.6 Å². The molecule has 0 unspecified atom stereocenters.